The molecule has 0 N–H and O–H groups in total. The zero-order valence-corrected chi connectivity index (χ0v) is 5.40. The van der Waals surface area contributed by atoms with Gasteiger partial charge in [0, 0.05) is 0 Å². The summed E-state index contributed by atoms with van der Waals surface area (Å²) in [7, 11) is 0. The fourth-order valence-electron chi connectivity index (χ4n) is 0.524. The number of hydrogen-bond acceptors (Lipinski definition) is 1. The van der Waals surface area contributed by atoms with E-state index in [1.165, 1.54) is 0 Å². The predicted molar refractivity (Wildman–Crippen MR) is 34.4 cm³/mol. The summed E-state index contributed by atoms with van der Waals surface area (Å²) in [6.07, 6.45) is 5.55. The molecule has 1 heteroatoms. The average Bonchev–Trinajstić information content (AvgIpc) is 1.83. The maximum absolute atomic E-state index is 9.93. The Morgan fingerprint density at radius 3 is 2.50 bits per heavy atom. The first-order valence-corrected chi connectivity index (χ1v) is 2.88. The largest absolute Gasteiger partial charge is 0.285 e. The van der Waals surface area contributed by atoms with Crippen molar-refractivity contribution in [3.63, 3.8) is 0 Å². The summed E-state index contributed by atoms with van der Waals surface area (Å²) in [5.74, 6) is 0. The third-order valence-electron chi connectivity index (χ3n) is 0.999. The number of allylic oxidation sites excluding steroid dienone is 2. The highest BCUT2D eigenvalue weighted by atomic mass is 16.1. The molecule has 0 saturated heterocycles. The van der Waals surface area contributed by atoms with Gasteiger partial charge in [-0.3, -0.25) is 4.79 Å². The van der Waals surface area contributed by atoms with Gasteiger partial charge in [-0.2, -0.15) is 0 Å². The second-order valence-corrected chi connectivity index (χ2v) is 1.67. The van der Waals surface area contributed by atoms with Crippen LogP contribution in [0.15, 0.2) is 11.6 Å². The van der Waals surface area contributed by atoms with Crippen molar-refractivity contribution in [1.29, 1.82) is 0 Å². The van der Waals surface area contributed by atoms with Crippen molar-refractivity contribution in [3.05, 3.63) is 11.6 Å². The number of carbonyl (C=O) groups excluding carboxylic acids is 1. The van der Waals surface area contributed by atoms with E-state index in [2.05, 4.69) is 0 Å². The molecule has 0 bridgehead atoms. The molecule has 1 nitrogen and oxygen atoms in total. The van der Waals surface area contributed by atoms with Gasteiger partial charge in [0.15, 0.2) is 0 Å². The van der Waals surface area contributed by atoms with E-state index in [1.54, 1.807) is 6.08 Å². The van der Waals surface area contributed by atoms with E-state index in [0.717, 1.165) is 18.4 Å². The van der Waals surface area contributed by atoms with Crippen molar-refractivity contribution in [2.45, 2.75) is 26.7 Å². The first kappa shape index (κ1) is 7.41. The second-order valence-electron chi connectivity index (χ2n) is 1.67. The van der Waals surface area contributed by atoms with E-state index in [1.807, 2.05) is 20.1 Å². The van der Waals surface area contributed by atoms with Crippen LogP contribution in [0.3, 0.4) is 0 Å². The molecule has 0 rings (SSSR count). The number of rotatable bonds is 3. The lowest BCUT2D eigenvalue weighted by atomic mass is 10.2. The summed E-state index contributed by atoms with van der Waals surface area (Å²) in [5, 5.41) is 0. The number of hydrogen-bond donors (Lipinski definition) is 0. The molecule has 0 aliphatic rings. The summed E-state index contributed by atoms with van der Waals surface area (Å²) in [6, 6.07) is 0. The van der Waals surface area contributed by atoms with E-state index < -0.39 is 0 Å². The van der Waals surface area contributed by atoms with Crippen molar-refractivity contribution < 1.29 is 4.79 Å². The highest BCUT2D eigenvalue weighted by Crippen LogP contribution is 1.98. The Bertz CT molecular complexity index is 92.6. The van der Waals surface area contributed by atoms with E-state index in [-0.39, 0.29) is 0 Å². The third kappa shape index (κ3) is 2.56. The van der Waals surface area contributed by atoms with Crippen LogP contribution >= 0.6 is 0 Å². The van der Waals surface area contributed by atoms with Gasteiger partial charge in [-0.05, 0) is 18.9 Å². The first-order chi connectivity index (χ1) is 3.85. The lowest BCUT2D eigenvalue weighted by molar-refractivity contribution is 0.559. The topological polar surface area (TPSA) is 17.1 Å². The lowest BCUT2D eigenvalue weighted by Gasteiger charge is -1.88. The third-order valence-corrected chi connectivity index (χ3v) is 0.999. The lowest BCUT2D eigenvalue weighted by Crippen LogP contribution is -1.80. The van der Waals surface area contributed by atoms with Gasteiger partial charge in [0.05, 0.1) is 0 Å². The van der Waals surface area contributed by atoms with Crippen LogP contribution in [0.1, 0.15) is 26.7 Å². The SMILES string of the molecule is CC=C([C]=O)CCC. The highest BCUT2D eigenvalue weighted by Gasteiger charge is 1.88. The standard InChI is InChI=1S/C7H11O/c1-3-5-7(4-2)6-8/h4H,3,5H2,1-2H3. The minimum absolute atomic E-state index is 0.785. The van der Waals surface area contributed by atoms with Crippen molar-refractivity contribution in [2.24, 2.45) is 0 Å². The zero-order valence-electron chi connectivity index (χ0n) is 5.40. The van der Waals surface area contributed by atoms with Crippen LogP contribution in [0, 0.1) is 0 Å². The van der Waals surface area contributed by atoms with Gasteiger partial charge in [0.1, 0.15) is 0 Å². The Morgan fingerprint density at radius 2 is 2.38 bits per heavy atom. The summed E-state index contributed by atoms with van der Waals surface area (Å²) in [5.41, 5.74) is 0.785. The maximum atomic E-state index is 9.93. The monoisotopic (exact) mass is 111 g/mol. The zero-order chi connectivity index (χ0) is 6.41. The van der Waals surface area contributed by atoms with Crippen LogP contribution in [0.25, 0.3) is 0 Å². The molecule has 0 spiro atoms. The molecule has 0 aliphatic heterocycles. The van der Waals surface area contributed by atoms with Gasteiger partial charge in [-0.1, -0.05) is 19.4 Å². The fourth-order valence-corrected chi connectivity index (χ4v) is 0.524. The van der Waals surface area contributed by atoms with Gasteiger partial charge in [-0.15, -0.1) is 0 Å². The maximum Gasteiger partial charge on any atom is 0.228 e. The molecule has 0 aromatic rings. The molecule has 1 radical (unpaired) electrons. The van der Waals surface area contributed by atoms with Crippen molar-refractivity contribution in [2.75, 3.05) is 0 Å². The van der Waals surface area contributed by atoms with E-state index in [9.17, 15) is 4.79 Å². The minimum Gasteiger partial charge on any atom is -0.285 e. The second kappa shape index (κ2) is 4.57. The van der Waals surface area contributed by atoms with E-state index >= 15 is 0 Å². The molecule has 0 amide bonds. The van der Waals surface area contributed by atoms with Crippen molar-refractivity contribution in [1.82, 2.24) is 0 Å². The van der Waals surface area contributed by atoms with Crippen LogP contribution in [0.4, 0.5) is 0 Å². The molecular formula is C7H11O. The molecule has 0 unspecified atom stereocenters. The molecule has 45 valence electrons. The summed E-state index contributed by atoms with van der Waals surface area (Å²) < 4.78 is 0. The minimum atomic E-state index is 0.785. The van der Waals surface area contributed by atoms with Gasteiger partial charge in [0.25, 0.3) is 0 Å². The fraction of sp³-hybridized carbons (Fsp3) is 0.571. The van der Waals surface area contributed by atoms with Crippen molar-refractivity contribution >= 4 is 6.29 Å². The van der Waals surface area contributed by atoms with E-state index in [4.69, 9.17) is 0 Å². The Balaban J connectivity index is 3.54. The average molecular weight is 111 g/mol. The van der Waals surface area contributed by atoms with Gasteiger partial charge in [0.2, 0.25) is 6.29 Å². The Hall–Kier alpha value is -0.590. The molecule has 0 heterocycles. The van der Waals surface area contributed by atoms with Crippen LogP contribution < -0.4 is 0 Å². The predicted octanol–water partition coefficient (Wildman–Crippen LogP) is 1.84. The molecule has 0 aliphatic carbocycles. The normalized spacial score (nSPS) is 11.5. The Kier molecular flexibility index (Phi) is 4.23. The van der Waals surface area contributed by atoms with Crippen LogP contribution in [0.5, 0.6) is 0 Å². The summed E-state index contributed by atoms with van der Waals surface area (Å²) >= 11 is 0. The molecule has 8 heavy (non-hydrogen) atoms. The van der Waals surface area contributed by atoms with Gasteiger partial charge >= 0.3 is 0 Å². The van der Waals surface area contributed by atoms with E-state index in [0.29, 0.717) is 0 Å². The molecule has 0 saturated carbocycles. The smallest absolute Gasteiger partial charge is 0.228 e. The molecule has 0 aromatic heterocycles. The molecule has 0 aromatic carbocycles. The van der Waals surface area contributed by atoms with Gasteiger partial charge < -0.3 is 0 Å². The van der Waals surface area contributed by atoms with Crippen LogP contribution in [-0.4, -0.2) is 6.29 Å². The molecular weight excluding hydrogens is 100 g/mol. The summed E-state index contributed by atoms with van der Waals surface area (Å²) in [6.45, 7) is 3.90. The van der Waals surface area contributed by atoms with Gasteiger partial charge in [-0.25, -0.2) is 0 Å². The Morgan fingerprint density at radius 1 is 1.75 bits per heavy atom. The highest BCUT2D eigenvalue weighted by molar-refractivity contribution is 5.73. The van der Waals surface area contributed by atoms with Crippen LogP contribution in [-0.2, 0) is 4.79 Å². The molecule has 0 atom stereocenters. The van der Waals surface area contributed by atoms with Crippen molar-refractivity contribution in [3.8, 4) is 0 Å². The first-order valence-electron chi connectivity index (χ1n) is 2.88. The molecule has 0 fully saturated rings. The summed E-state index contributed by atoms with van der Waals surface area (Å²) in [4.78, 5) is 9.93. The van der Waals surface area contributed by atoms with Crippen LogP contribution in [0.2, 0.25) is 0 Å². The Labute approximate surface area is 50.4 Å². The quantitative estimate of drug-likeness (QED) is 0.508.